The Morgan fingerprint density at radius 3 is 2.64 bits per heavy atom. The van der Waals surface area contributed by atoms with E-state index in [4.69, 9.17) is 0 Å². The molecule has 0 aromatic heterocycles. The lowest BCUT2D eigenvalue weighted by Gasteiger charge is -2.18. The Morgan fingerprint density at radius 2 is 2.00 bits per heavy atom. The Hall–Kier alpha value is -1.95. The maximum atomic E-state index is 13.6. The minimum absolute atomic E-state index is 0.0369. The fourth-order valence-electron chi connectivity index (χ4n) is 3.53. The van der Waals surface area contributed by atoms with Crippen molar-refractivity contribution in [3.63, 3.8) is 0 Å². The van der Waals surface area contributed by atoms with E-state index in [2.05, 4.69) is 10.6 Å². The summed E-state index contributed by atoms with van der Waals surface area (Å²) < 4.78 is 13.6. The monoisotopic (exact) mass is 348 g/mol. The van der Waals surface area contributed by atoms with Gasteiger partial charge in [0.2, 0.25) is 5.91 Å². The number of aliphatic hydroxyl groups is 1. The predicted molar refractivity (Wildman–Crippen MR) is 92.6 cm³/mol. The number of carbonyl (C=O) groups is 2. The van der Waals surface area contributed by atoms with Crippen molar-refractivity contribution in [3.8, 4) is 0 Å². The van der Waals surface area contributed by atoms with E-state index in [1.807, 2.05) is 6.92 Å². The molecule has 136 valence electrons. The molecule has 1 aromatic rings. The van der Waals surface area contributed by atoms with E-state index in [1.165, 1.54) is 12.1 Å². The van der Waals surface area contributed by atoms with Gasteiger partial charge in [0.05, 0.1) is 17.4 Å². The van der Waals surface area contributed by atoms with Gasteiger partial charge in [0.15, 0.2) is 0 Å². The predicted octanol–water partition coefficient (Wildman–Crippen LogP) is 2.70. The van der Waals surface area contributed by atoms with Gasteiger partial charge in [-0.05, 0) is 49.3 Å². The third kappa shape index (κ3) is 4.37. The molecule has 0 radical (unpaired) electrons. The van der Waals surface area contributed by atoms with Crippen LogP contribution in [0.1, 0.15) is 49.4 Å². The lowest BCUT2D eigenvalue weighted by Crippen LogP contribution is -2.36. The third-order valence-electron chi connectivity index (χ3n) is 5.35. The molecule has 2 amide bonds. The first-order valence-electron chi connectivity index (χ1n) is 9.02. The second-order valence-corrected chi connectivity index (χ2v) is 7.32. The molecule has 0 aliphatic heterocycles. The number of hydrogen-bond donors (Lipinski definition) is 3. The van der Waals surface area contributed by atoms with E-state index < -0.39 is 17.8 Å². The Balaban J connectivity index is 1.63. The fraction of sp³-hybridized carbons (Fsp3) is 0.579. The summed E-state index contributed by atoms with van der Waals surface area (Å²) in [7, 11) is 0. The molecule has 2 saturated carbocycles. The molecule has 0 bridgehead atoms. The number of hydrogen-bond acceptors (Lipinski definition) is 3. The van der Waals surface area contributed by atoms with Crippen LogP contribution in [-0.2, 0) is 4.79 Å². The minimum Gasteiger partial charge on any atom is -0.391 e. The zero-order valence-electron chi connectivity index (χ0n) is 14.4. The molecular formula is C19H25FN2O3. The van der Waals surface area contributed by atoms with Gasteiger partial charge in [-0.15, -0.1) is 0 Å². The topological polar surface area (TPSA) is 78.4 Å². The summed E-state index contributed by atoms with van der Waals surface area (Å²) in [6.07, 6.45) is 4.40. The number of nitrogens with one attached hydrogen (secondary N) is 2. The molecule has 5 nitrogen and oxygen atoms in total. The van der Waals surface area contributed by atoms with Crippen molar-refractivity contribution in [1.29, 1.82) is 0 Å². The first kappa shape index (κ1) is 17.9. The standard InChI is InChI=1S/C19H25FN2O3/c1-11-8-14(11)19(25)22-16-7-6-13(20)9-15(16)18(24)21-10-17(23)12-4-2-3-5-12/h6-7,9,11-12,14,17,23H,2-5,8,10H2,1H3,(H,21,24)(H,22,25). The summed E-state index contributed by atoms with van der Waals surface area (Å²) in [6, 6.07) is 3.74. The maximum Gasteiger partial charge on any atom is 0.253 e. The second kappa shape index (κ2) is 7.52. The van der Waals surface area contributed by atoms with Crippen LogP contribution in [0, 0.1) is 23.6 Å². The highest BCUT2D eigenvalue weighted by atomic mass is 19.1. The van der Waals surface area contributed by atoms with Crippen molar-refractivity contribution >= 4 is 17.5 Å². The van der Waals surface area contributed by atoms with Gasteiger partial charge in [0, 0.05) is 12.5 Å². The van der Waals surface area contributed by atoms with Crippen LogP contribution in [-0.4, -0.2) is 29.6 Å². The molecule has 0 heterocycles. The summed E-state index contributed by atoms with van der Waals surface area (Å²) in [4.78, 5) is 24.5. The molecule has 25 heavy (non-hydrogen) atoms. The van der Waals surface area contributed by atoms with Gasteiger partial charge in [-0.25, -0.2) is 4.39 Å². The Morgan fingerprint density at radius 1 is 1.32 bits per heavy atom. The first-order chi connectivity index (χ1) is 12.0. The average Bonchev–Trinajstić information content (AvgIpc) is 3.09. The highest BCUT2D eigenvalue weighted by Crippen LogP contribution is 2.38. The zero-order chi connectivity index (χ0) is 18.0. The highest BCUT2D eigenvalue weighted by Gasteiger charge is 2.39. The van der Waals surface area contributed by atoms with Crippen LogP contribution in [0.15, 0.2) is 18.2 Å². The minimum atomic E-state index is -0.592. The summed E-state index contributed by atoms with van der Waals surface area (Å²) in [5, 5.41) is 15.6. The van der Waals surface area contributed by atoms with Gasteiger partial charge >= 0.3 is 0 Å². The molecule has 2 aliphatic rings. The molecule has 0 saturated heterocycles. The van der Waals surface area contributed by atoms with E-state index in [0.717, 1.165) is 38.2 Å². The molecule has 2 aliphatic carbocycles. The number of halogens is 1. The maximum absolute atomic E-state index is 13.6. The largest absolute Gasteiger partial charge is 0.391 e. The van der Waals surface area contributed by atoms with Crippen LogP contribution >= 0.6 is 0 Å². The zero-order valence-corrected chi connectivity index (χ0v) is 14.4. The molecule has 3 atom stereocenters. The number of aliphatic hydroxyl groups excluding tert-OH is 1. The summed E-state index contributed by atoms with van der Waals surface area (Å²) >= 11 is 0. The number of amides is 2. The molecule has 6 heteroatoms. The first-order valence-corrected chi connectivity index (χ1v) is 9.02. The van der Waals surface area contributed by atoms with Crippen LogP contribution in [0.5, 0.6) is 0 Å². The van der Waals surface area contributed by atoms with E-state index in [9.17, 15) is 19.1 Å². The van der Waals surface area contributed by atoms with Crippen LogP contribution in [0.2, 0.25) is 0 Å². The van der Waals surface area contributed by atoms with Gasteiger partial charge in [0.25, 0.3) is 5.91 Å². The van der Waals surface area contributed by atoms with E-state index in [1.54, 1.807) is 0 Å². The average molecular weight is 348 g/mol. The van der Waals surface area contributed by atoms with Crippen molar-refractivity contribution in [2.45, 2.75) is 45.1 Å². The number of carbonyl (C=O) groups excluding carboxylic acids is 2. The van der Waals surface area contributed by atoms with E-state index in [-0.39, 0.29) is 29.9 Å². The lowest BCUT2D eigenvalue weighted by molar-refractivity contribution is -0.117. The highest BCUT2D eigenvalue weighted by molar-refractivity contribution is 6.04. The van der Waals surface area contributed by atoms with E-state index in [0.29, 0.717) is 11.6 Å². The Kier molecular flexibility index (Phi) is 5.37. The summed E-state index contributed by atoms with van der Waals surface area (Å²) in [5.74, 6) is -0.651. The number of benzene rings is 1. The van der Waals surface area contributed by atoms with Gasteiger partial charge in [-0.1, -0.05) is 19.8 Å². The van der Waals surface area contributed by atoms with Gasteiger partial charge < -0.3 is 15.7 Å². The molecular weight excluding hydrogens is 323 g/mol. The van der Waals surface area contributed by atoms with Crippen molar-refractivity contribution in [2.24, 2.45) is 17.8 Å². The van der Waals surface area contributed by atoms with Crippen LogP contribution in [0.3, 0.4) is 0 Å². The SMILES string of the molecule is CC1CC1C(=O)Nc1ccc(F)cc1C(=O)NCC(O)C1CCCC1. The number of rotatable bonds is 6. The quantitative estimate of drug-likeness (QED) is 0.740. The van der Waals surface area contributed by atoms with Gasteiger partial charge in [0.1, 0.15) is 5.82 Å². The van der Waals surface area contributed by atoms with Crippen molar-refractivity contribution in [1.82, 2.24) is 5.32 Å². The molecule has 3 unspecified atom stereocenters. The molecule has 1 aromatic carbocycles. The molecule has 0 spiro atoms. The van der Waals surface area contributed by atoms with Crippen LogP contribution in [0.25, 0.3) is 0 Å². The fourth-order valence-corrected chi connectivity index (χ4v) is 3.53. The van der Waals surface area contributed by atoms with Gasteiger partial charge in [-0.3, -0.25) is 9.59 Å². The smallest absolute Gasteiger partial charge is 0.253 e. The van der Waals surface area contributed by atoms with Crippen molar-refractivity contribution in [3.05, 3.63) is 29.6 Å². The number of anilines is 1. The Labute approximate surface area is 147 Å². The van der Waals surface area contributed by atoms with Crippen molar-refractivity contribution in [2.75, 3.05) is 11.9 Å². The summed E-state index contributed by atoms with van der Waals surface area (Å²) in [6.45, 7) is 2.12. The van der Waals surface area contributed by atoms with Gasteiger partial charge in [-0.2, -0.15) is 0 Å². The lowest BCUT2D eigenvalue weighted by atomic mass is 10.0. The molecule has 3 rings (SSSR count). The molecule has 3 N–H and O–H groups in total. The van der Waals surface area contributed by atoms with E-state index >= 15 is 0 Å². The van der Waals surface area contributed by atoms with Crippen molar-refractivity contribution < 1.29 is 19.1 Å². The summed E-state index contributed by atoms with van der Waals surface area (Å²) in [5.41, 5.74) is 0.388. The normalized spacial score (nSPS) is 24.0. The third-order valence-corrected chi connectivity index (χ3v) is 5.35. The van der Waals surface area contributed by atoms with Crippen LogP contribution in [0.4, 0.5) is 10.1 Å². The second-order valence-electron chi connectivity index (χ2n) is 7.32. The Bertz CT molecular complexity index is 658. The van der Waals surface area contributed by atoms with Crippen LogP contribution < -0.4 is 10.6 Å². The molecule has 2 fully saturated rings.